The number of benzene rings is 2. The van der Waals surface area contributed by atoms with Gasteiger partial charge in [0, 0.05) is 26.6 Å². The summed E-state index contributed by atoms with van der Waals surface area (Å²) in [6, 6.07) is 13.7. The standard InChI is InChI=1S/C22H28FN3O4S/c1-17(22(28)24-2)25(16-18-11-13-19(23)14-12-18)21(27)10-7-15-26(31(3,29)30)20-8-5-4-6-9-20/h4-6,8-9,11-14,17H,7,10,15-16H2,1-3H3,(H,24,28)/t17-/m0/s1. The van der Waals surface area contributed by atoms with Crippen LogP contribution in [0.15, 0.2) is 54.6 Å². The third kappa shape index (κ3) is 7.06. The zero-order valence-electron chi connectivity index (χ0n) is 17.9. The smallest absolute Gasteiger partial charge is 0.242 e. The van der Waals surface area contributed by atoms with Gasteiger partial charge in [0.1, 0.15) is 11.9 Å². The Labute approximate surface area is 182 Å². The molecule has 0 aliphatic heterocycles. The predicted octanol–water partition coefficient (Wildman–Crippen LogP) is 2.54. The zero-order chi connectivity index (χ0) is 23.0. The lowest BCUT2D eigenvalue weighted by molar-refractivity contribution is -0.140. The Morgan fingerprint density at radius 1 is 1.06 bits per heavy atom. The van der Waals surface area contributed by atoms with Gasteiger partial charge in [-0.15, -0.1) is 0 Å². The van der Waals surface area contributed by atoms with Crippen LogP contribution in [0.25, 0.3) is 0 Å². The highest BCUT2D eigenvalue weighted by Gasteiger charge is 2.26. The first-order valence-corrected chi connectivity index (χ1v) is 11.8. The van der Waals surface area contributed by atoms with E-state index < -0.39 is 16.1 Å². The summed E-state index contributed by atoms with van der Waals surface area (Å²) >= 11 is 0. The highest BCUT2D eigenvalue weighted by atomic mass is 32.2. The minimum Gasteiger partial charge on any atom is -0.357 e. The molecule has 31 heavy (non-hydrogen) atoms. The topological polar surface area (TPSA) is 86.8 Å². The first-order valence-electron chi connectivity index (χ1n) is 9.91. The van der Waals surface area contributed by atoms with Gasteiger partial charge >= 0.3 is 0 Å². The van der Waals surface area contributed by atoms with Crippen LogP contribution in [0.5, 0.6) is 0 Å². The summed E-state index contributed by atoms with van der Waals surface area (Å²) in [7, 11) is -2.02. The van der Waals surface area contributed by atoms with E-state index in [1.807, 2.05) is 0 Å². The molecule has 1 atom stereocenters. The molecule has 0 radical (unpaired) electrons. The van der Waals surface area contributed by atoms with E-state index in [0.29, 0.717) is 11.3 Å². The summed E-state index contributed by atoms with van der Waals surface area (Å²) in [5.41, 5.74) is 1.21. The largest absolute Gasteiger partial charge is 0.357 e. The quantitative estimate of drug-likeness (QED) is 0.604. The highest BCUT2D eigenvalue weighted by Crippen LogP contribution is 2.18. The van der Waals surface area contributed by atoms with Gasteiger partial charge in [0.25, 0.3) is 0 Å². The van der Waals surface area contributed by atoms with E-state index in [1.54, 1.807) is 49.4 Å². The third-order valence-corrected chi connectivity index (χ3v) is 6.07. The van der Waals surface area contributed by atoms with Crippen molar-refractivity contribution in [3.05, 3.63) is 66.0 Å². The lowest BCUT2D eigenvalue weighted by atomic mass is 10.1. The number of amides is 2. The molecule has 0 aliphatic rings. The van der Waals surface area contributed by atoms with E-state index in [-0.39, 0.29) is 43.6 Å². The van der Waals surface area contributed by atoms with Gasteiger partial charge in [-0.1, -0.05) is 30.3 Å². The number of rotatable bonds is 10. The molecule has 0 fully saturated rings. The maximum atomic E-state index is 13.2. The van der Waals surface area contributed by atoms with Crippen molar-refractivity contribution in [2.24, 2.45) is 0 Å². The second-order valence-corrected chi connectivity index (χ2v) is 9.12. The molecular formula is C22H28FN3O4S. The van der Waals surface area contributed by atoms with Crippen LogP contribution in [0.3, 0.4) is 0 Å². The van der Waals surface area contributed by atoms with Gasteiger partial charge in [0.15, 0.2) is 0 Å². The highest BCUT2D eigenvalue weighted by molar-refractivity contribution is 7.92. The second-order valence-electron chi connectivity index (χ2n) is 7.21. The van der Waals surface area contributed by atoms with Gasteiger partial charge in [-0.25, -0.2) is 12.8 Å². The van der Waals surface area contributed by atoms with E-state index >= 15 is 0 Å². The third-order valence-electron chi connectivity index (χ3n) is 4.88. The van der Waals surface area contributed by atoms with Crippen LogP contribution >= 0.6 is 0 Å². The number of carbonyl (C=O) groups excluding carboxylic acids is 2. The molecule has 0 saturated carbocycles. The molecule has 2 rings (SSSR count). The van der Waals surface area contributed by atoms with Crippen molar-refractivity contribution in [3.63, 3.8) is 0 Å². The number of halogens is 1. The van der Waals surface area contributed by atoms with Crippen LogP contribution < -0.4 is 9.62 Å². The number of para-hydroxylation sites is 1. The molecule has 0 heterocycles. The molecule has 0 aliphatic carbocycles. The van der Waals surface area contributed by atoms with Gasteiger partial charge in [0.2, 0.25) is 21.8 Å². The van der Waals surface area contributed by atoms with Gasteiger partial charge < -0.3 is 10.2 Å². The summed E-state index contributed by atoms with van der Waals surface area (Å²) in [5, 5.41) is 2.53. The summed E-state index contributed by atoms with van der Waals surface area (Å²) in [4.78, 5) is 26.5. The van der Waals surface area contributed by atoms with Gasteiger partial charge in [0.05, 0.1) is 11.9 Å². The first kappa shape index (κ1) is 24.3. The minimum atomic E-state index is -3.51. The molecule has 0 bridgehead atoms. The Kier molecular flexibility index (Phi) is 8.56. The molecule has 168 valence electrons. The summed E-state index contributed by atoms with van der Waals surface area (Å²) in [6.45, 7) is 1.89. The summed E-state index contributed by atoms with van der Waals surface area (Å²) < 4.78 is 38.8. The van der Waals surface area contributed by atoms with Crippen molar-refractivity contribution >= 4 is 27.5 Å². The Hall–Kier alpha value is -2.94. The van der Waals surface area contributed by atoms with Crippen LogP contribution in [-0.4, -0.2) is 51.0 Å². The van der Waals surface area contributed by atoms with E-state index in [4.69, 9.17) is 0 Å². The van der Waals surface area contributed by atoms with Crippen LogP contribution in [-0.2, 0) is 26.2 Å². The SMILES string of the molecule is CNC(=O)[C@H](C)N(Cc1ccc(F)cc1)C(=O)CCCN(c1ccccc1)S(C)(=O)=O. The Bertz CT molecular complexity index is 982. The molecule has 1 N–H and O–H groups in total. The minimum absolute atomic E-state index is 0.0569. The Morgan fingerprint density at radius 2 is 1.68 bits per heavy atom. The van der Waals surface area contributed by atoms with E-state index in [0.717, 1.165) is 6.26 Å². The van der Waals surface area contributed by atoms with E-state index in [2.05, 4.69) is 5.32 Å². The van der Waals surface area contributed by atoms with Crippen LogP contribution in [0, 0.1) is 5.82 Å². The van der Waals surface area contributed by atoms with Crippen LogP contribution in [0.2, 0.25) is 0 Å². The molecule has 2 amide bonds. The van der Waals surface area contributed by atoms with Crippen molar-refractivity contribution in [2.45, 2.75) is 32.4 Å². The monoisotopic (exact) mass is 449 g/mol. The lowest BCUT2D eigenvalue weighted by Crippen LogP contribution is -2.46. The van der Waals surface area contributed by atoms with Gasteiger partial charge in [-0.3, -0.25) is 13.9 Å². The molecule has 2 aromatic rings. The summed E-state index contributed by atoms with van der Waals surface area (Å²) in [6.07, 6.45) is 1.46. The molecule has 2 aromatic carbocycles. The molecule has 0 saturated heterocycles. The van der Waals surface area contributed by atoms with Crippen molar-refractivity contribution in [1.82, 2.24) is 10.2 Å². The molecule has 0 aromatic heterocycles. The number of nitrogens with zero attached hydrogens (tertiary/aromatic N) is 2. The average molecular weight is 450 g/mol. The van der Waals surface area contributed by atoms with Crippen LogP contribution in [0.1, 0.15) is 25.3 Å². The summed E-state index contributed by atoms with van der Waals surface area (Å²) in [5.74, 6) is -0.998. The predicted molar refractivity (Wildman–Crippen MR) is 118 cm³/mol. The zero-order valence-corrected chi connectivity index (χ0v) is 18.7. The molecule has 7 nitrogen and oxygen atoms in total. The number of likely N-dealkylation sites (N-methyl/N-ethyl adjacent to an activating group) is 1. The fourth-order valence-electron chi connectivity index (χ4n) is 3.18. The van der Waals surface area contributed by atoms with Crippen molar-refractivity contribution in [2.75, 3.05) is 24.2 Å². The Balaban J connectivity index is 2.11. The molecule has 9 heteroatoms. The fraction of sp³-hybridized carbons (Fsp3) is 0.364. The first-order chi connectivity index (χ1) is 14.6. The second kappa shape index (κ2) is 10.9. The lowest BCUT2D eigenvalue weighted by Gasteiger charge is -2.29. The van der Waals surface area contributed by atoms with Gasteiger partial charge in [-0.2, -0.15) is 0 Å². The number of carbonyl (C=O) groups is 2. The van der Waals surface area contributed by atoms with Crippen molar-refractivity contribution in [3.8, 4) is 0 Å². The fourth-order valence-corrected chi connectivity index (χ4v) is 4.14. The molecule has 0 spiro atoms. The maximum absolute atomic E-state index is 13.2. The Morgan fingerprint density at radius 3 is 2.23 bits per heavy atom. The van der Waals surface area contributed by atoms with E-state index in [1.165, 1.54) is 28.4 Å². The molecular weight excluding hydrogens is 421 g/mol. The normalized spacial score (nSPS) is 12.1. The maximum Gasteiger partial charge on any atom is 0.242 e. The van der Waals surface area contributed by atoms with Crippen molar-refractivity contribution in [1.29, 1.82) is 0 Å². The number of sulfonamides is 1. The molecule has 0 unspecified atom stereocenters. The number of anilines is 1. The van der Waals surface area contributed by atoms with Gasteiger partial charge in [-0.05, 0) is 43.2 Å². The average Bonchev–Trinajstić information content (AvgIpc) is 2.74. The number of nitrogens with one attached hydrogen (secondary N) is 1. The number of hydrogen-bond donors (Lipinski definition) is 1. The van der Waals surface area contributed by atoms with E-state index in [9.17, 15) is 22.4 Å². The number of hydrogen-bond acceptors (Lipinski definition) is 4. The van der Waals surface area contributed by atoms with Crippen molar-refractivity contribution < 1.29 is 22.4 Å². The van der Waals surface area contributed by atoms with Crippen LogP contribution in [0.4, 0.5) is 10.1 Å².